The highest BCUT2D eigenvalue weighted by atomic mass is 16.1. The molecule has 1 atom stereocenters. The standard InChI is InChI=1S/C35H40N8O/c1-6-32(44)41-25-11-12-28-23(17-25)14-16-36-33(28)27-10-8-7-9-24(27)19-37-31-18-30(40-26-13-15-35(4,5)38-20-26)42-34-29(22(2)3)21-39-43(31)34/h6-12,14,16-18,21-22,26,37-38H,1,13,15,19-20H2,2-5H3,(H,40,42)(H,41,44). The zero-order valence-corrected chi connectivity index (χ0v) is 25.8. The van der Waals surface area contributed by atoms with Gasteiger partial charge in [-0.05, 0) is 67.8 Å². The molecule has 1 saturated heterocycles. The maximum absolute atomic E-state index is 11.8. The quantitative estimate of drug-likeness (QED) is 0.141. The minimum Gasteiger partial charge on any atom is -0.366 e. The number of hydrogen-bond acceptors (Lipinski definition) is 7. The van der Waals surface area contributed by atoms with Crippen molar-refractivity contribution < 1.29 is 4.79 Å². The summed E-state index contributed by atoms with van der Waals surface area (Å²) in [5.41, 5.74) is 5.88. The number of nitrogens with one attached hydrogen (secondary N) is 4. The first kappa shape index (κ1) is 29.3. The fourth-order valence-electron chi connectivity index (χ4n) is 5.80. The Bertz CT molecular complexity index is 1830. The number of aromatic nitrogens is 4. The van der Waals surface area contributed by atoms with Crippen LogP contribution in [-0.2, 0) is 11.3 Å². The van der Waals surface area contributed by atoms with Crippen LogP contribution in [0, 0.1) is 0 Å². The Hall–Kier alpha value is -4.76. The van der Waals surface area contributed by atoms with E-state index in [0.29, 0.717) is 24.2 Å². The molecule has 9 heteroatoms. The van der Waals surface area contributed by atoms with E-state index < -0.39 is 0 Å². The molecule has 9 nitrogen and oxygen atoms in total. The van der Waals surface area contributed by atoms with Gasteiger partial charge < -0.3 is 21.3 Å². The first-order valence-electron chi connectivity index (χ1n) is 15.3. The van der Waals surface area contributed by atoms with Gasteiger partial charge in [-0.2, -0.15) is 9.61 Å². The summed E-state index contributed by atoms with van der Waals surface area (Å²) in [5.74, 6) is 1.77. The van der Waals surface area contributed by atoms with Crippen LogP contribution in [0.25, 0.3) is 27.7 Å². The number of carbonyl (C=O) groups is 1. The monoisotopic (exact) mass is 588 g/mol. The van der Waals surface area contributed by atoms with Gasteiger partial charge in [-0.25, -0.2) is 4.98 Å². The Morgan fingerprint density at radius 3 is 2.80 bits per heavy atom. The first-order chi connectivity index (χ1) is 21.2. The van der Waals surface area contributed by atoms with E-state index >= 15 is 0 Å². The predicted molar refractivity (Wildman–Crippen MR) is 179 cm³/mol. The van der Waals surface area contributed by atoms with Gasteiger partial charge in [0, 0.05) is 59.1 Å². The molecule has 0 spiro atoms. The summed E-state index contributed by atoms with van der Waals surface area (Å²) in [6.45, 7) is 13.8. The van der Waals surface area contributed by atoms with Gasteiger partial charge in [-0.15, -0.1) is 0 Å². The van der Waals surface area contributed by atoms with Crippen molar-refractivity contribution in [1.29, 1.82) is 0 Å². The molecule has 226 valence electrons. The molecule has 1 fully saturated rings. The Kier molecular flexibility index (Phi) is 8.05. The second kappa shape index (κ2) is 12.1. The van der Waals surface area contributed by atoms with Crippen molar-refractivity contribution in [2.75, 3.05) is 22.5 Å². The number of fused-ring (bicyclic) bond motifs is 2. The van der Waals surface area contributed by atoms with Crippen molar-refractivity contribution >= 4 is 39.6 Å². The van der Waals surface area contributed by atoms with E-state index in [1.54, 1.807) is 0 Å². The molecule has 0 radical (unpaired) electrons. The van der Waals surface area contributed by atoms with Crippen LogP contribution in [0.15, 0.2) is 79.6 Å². The van der Waals surface area contributed by atoms with Crippen molar-refractivity contribution in [3.8, 4) is 11.3 Å². The van der Waals surface area contributed by atoms with E-state index in [1.807, 2.05) is 53.3 Å². The zero-order valence-electron chi connectivity index (χ0n) is 25.8. The van der Waals surface area contributed by atoms with Crippen molar-refractivity contribution in [2.24, 2.45) is 0 Å². The zero-order chi connectivity index (χ0) is 30.8. The molecule has 1 amide bonds. The lowest BCUT2D eigenvalue weighted by Crippen LogP contribution is -2.50. The summed E-state index contributed by atoms with van der Waals surface area (Å²) >= 11 is 0. The van der Waals surface area contributed by atoms with Crippen LogP contribution in [0.5, 0.6) is 0 Å². The summed E-state index contributed by atoms with van der Waals surface area (Å²) in [5, 5.41) is 20.6. The van der Waals surface area contributed by atoms with Crippen LogP contribution in [0.2, 0.25) is 0 Å². The predicted octanol–water partition coefficient (Wildman–Crippen LogP) is 6.75. The van der Waals surface area contributed by atoms with Crippen molar-refractivity contribution in [3.05, 3.63) is 90.8 Å². The Morgan fingerprint density at radius 1 is 1.18 bits per heavy atom. The molecule has 5 aromatic rings. The van der Waals surface area contributed by atoms with E-state index in [2.05, 4.69) is 73.7 Å². The minimum atomic E-state index is -0.240. The van der Waals surface area contributed by atoms with E-state index in [1.165, 1.54) is 6.08 Å². The third kappa shape index (κ3) is 6.14. The number of rotatable bonds is 9. The van der Waals surface area contributed by atoms with E-state index in [0.717, 1.165) is 69.8 Å². The largest absolute Gasteiger partial charge is 0.366 e. The third-order valence-electron chi connectivity index (χ3n) is 8.37. The second-order valence-electron chi connectivity index (χ2n) is 12.5. The third-order valence-corrected chi connectivity index (χ3v) is 8.37. The first-order valence-corrected chi connectivity index (χ1v) is 15.3. The van der Waals surface area contributed by atoms with Gasteiger partial charge >= 0.3 is 0 Å². The molecule has 4 N–H and O–H groups in total. The SMILES string of the molecule is C=CC(=O)Nc1ccc2c(-c3ccccc3CNc3cc(NC4CCC(C)(C)NC4)nc4c(C(C)C)cnn34)nccc2c1. The Morgan fingerprint density at radius 2 is 2.02 bits per heavy atom. The molecule has 2 aromatic carbocycles. The topological polar surface area (TPSA) is 108 Å². The lowest BCUT2D eigenvalue weighted by molar-refractivity contribution is -0.111. The number of pyridine rings is 1. The number of hydrogen-bond donors (Lipinski definition) is 4. The van der Waals surface area contributed by atoms with Gasteiger partial charge in [0.05, 0.1) is 11.9 Å². The van der Waals surface area contributed by atoms with Crippen LogP contribution < -0.4 is 21.3 Å². The number of carbonyl (C=O) groups excluding carboxylic acids is 1. The lowest BCUT2D eigenvalue weighted by Gasteiger charge is -2.36. The molecule has 1 aliphatic rings. The second-order valence-corrected chi connectivity index (χ2v) is 12.5. The Balaban J connectivity index is 1.31. The van der Waals surface area contributed by atoms with Crippen LogP contribution in [0.4, 0.5) is 17.3 Å². The fraction of sp³-hybridized carbons (Fsp3) is 0.314. The summed E-state index contributed by atoms with van der Waals surface area (Å²) in [6.07, 6.45) is 7.18. The van der Waals surface area contributed by atoms with E-state index in [-0.39, 0.29) is 11.4 Å². The summed E-state index contributed by atoms with van der Waals surface area (Å²) in [4.78, 5) is 21.6. The molecule has 0 aliphatic carbocycles. The Labute approximate surface area is 258 Å². The highest BCUT2D eigenvalue weighted by molar-refractivity contribution is 6.02. The molecular formula is C35H40N8O. The van der Waals surface area contributed by atoms with Gasteiger partial charge in [0.1, 0.15) is 11.6 Å². The van der Waals surface area contributed by atoms with Gasteiger partial charge in [0.15, 0.2) is 5.65 Å². The molecule has 4 heterocycles. The number of anilines is 3. The van der Waals surface area contributed by atoms with Gasteiger partial charge in [0.25, 0.3) is 0 Å². The molecular weight excluding hydrogens is 548 g/mol. The molecule has 6 rings (SSSR count). The van der Waals surface area contributed by atoms with E-state index in [4.69, 9.17) is 15.1 Å². The summed E-state index contributed by atoms with van der Waals surface area (Å²) in [6, 6.07) is 18.5. The van der Waals surface area contributed by atoms with Crippen LogP contribution >= 0.6 is 0 Å². The highest BCUT2D eigenvalue weighted by Gasteiger charge is 2.26. The highest BCUT2D eigenvalue weighted by Crippen LogP contribution is 2.32. The van der Waals surface area contributed by atoms with Gasteiger partial charge in [-0.1, -0.05) is 50.8 Å². The molecule has 44 heavy (non-hydrogen) atoms. The average molecular weight is 589 g/mol. The number of amides is 1. The number of benzene rings is 2. The van der Waals surface area contributed by atoms with Crippen molar-refractivity contribution in [1.82, 2.24) is 24.9 Å². The molecule has 1 aliphatic heterocycles. The normalized spacial score (nSPS) is 16.2. The summed E-state index contributed by atoms with van der Waals surface area (Å²) in [7, 11) is 0. The number of nitrogens with zero attached hydrogens (tertiary/aromatic N) is 4. The van der Waals surface area contributed by atoms with Gasteiger partial charge in [-0.3, -0.25) is 9.78 Å². The van der Waals surface area contributed by atoms with E-state index in [9.17, 15) is 4.79 Å². The lowest BCUT2D eigenvalue weighted by atomic mass is 9.91. The minimum absolute atomic E-state index is 0.161. The molecule has 1 unspecified atom stereocenters. The van der Waals surface area contributed by atoms with Crippen molar-refractivity contribution in [3.63, 3.8) is 0 Å². The van der Waals surface area contributed by atoms with Crippen LogP contribution in [-0.4, -0.2) is 43.6 Å². The fourth-order valence-corrected chi connectivity index (χ4v) is 5.80. The smallest absolute Gasteiger partial charge is 0.247 e. The van der Waals surface area contributed by atoms with Gasteiger partial charge in [0.2, 0.25) is 5.91 Å². The maximum Gasteiger partial charge on any atom is 0.247 e. The average Bonchev–Trinajstić information content (AvgIpc) is 3.45. The van der Waals surface area contributed by atoms with Crippen LogP contribution in [0.3, 0.4) is 0 Å². The maximum atomic E-state index is 11.8. The molecule has 3 aromatic heterocycles. The molecule has 0 saturated carbocycles. The van der Waals surface area contributed by atoms with Crippen molar-refractivity contribution in [2.45, 2.75) is 64.6 Å². The molecule has 0 bridgehead atoms. The summed E-state index contributed by atoms with van der Waals surface area (Å²) < 4.78 is 1.90. The van der Waals surface area contributed by atoms with Crippen LogP contribution in [0.1, 0.15) is 57.6 Å². The number of piperidine rings is 1.